The van der Waals surface area contributed by atoms with Gasteiger partial charge >= 0.3 is 0 Å². The highest BCUT2D eigenvalue weighted by molar-refractivity contribution is 5.97. The van der Waals surface area contributed by atoms with Crippen molar-refractivity contribution in [2.45, 2.75) is 45.2 Å². The van der Waals surface area contributed by atoms with Crippen molar-refractivity contribution in [2.24, 2.45) is 0 Å². The van der Waals surface area contributed by atoms with Gasteiger partial charge in [0.05, 0.1) is 36.5 Å². The molecule has 3 aromatic carbocycles. The van der Waals surface area contributed by atoms with Crippen LogP contribution in [0.4, 0.5) is 0 Å². The molecule has 0 radical (unpaired) electrons. The number of fused-ring (bicyclic) bond motifs is 1. The van der Waals surface area contributed by atoms with Gasteiger partial charge in [0.25, 0.3) is 5.91 Å². The summed E-state index contributed by atoms with van der Waals surface area (Å²) in [5, 5.41) is 14.2. The Morgan fingerprint density at radius 1 is 1.08 bits per heavy atom. The van der Waals surface area contributed by atoms with E-state index in [-0.39, 0.29) is 11.9 Å². The molecule has 5 rings (SSSR count). The lowest BCUT2D eigenvalue weighted by molar-refractivity contribution is 0.0940. The number of hydrogen-bond acceptors (Lipinski definition) is 4. The molecular weight excluding hydrogens is 462 g/mol. The van der Waals surface area contributed by atoms with E-state index in [1.807, 2.05) is 80.6 Å². The van der Waals surface area contributed by atoms with Gasteiger partial charge in [0.2, 0.25) is 0 Å². The number of methoxy groups -OCH3 is 1. The molecule has 1 aromatic heterocycles. The lowest BCUT2D eigenvalue weighted by Crippen LogP contribution is -2.26. The monoisotopic (exact) mass is 493 g/mol. The standard InChI is InChI=1S/C31H31N3O3/c1-4-37-26-16-17-27-28(19-32)30(34(29(27)18-26)24-6-5-7-24)22-8-10-23(11-9-22)31(35)33-20(2)21-12-14-25(36-3)15-13-21/h8-18,20,24H,4-7H2,1-3H3,(H,33,35)/t20-/m1/s1. The van der Waals surface area contributed by atoms with Gasteiger partial charge in [-0.2, -0.15) is 5.26 Å². The Balaban J connectivity index is 1.46. The van der Waals surface area contributed by atoms with E-state index in [0.29, 0.717) is 23.8 Å². The van der Waals surface area contributed by atoms with Gasteiger partial charge in [-0.15, -0.1) is 0 Å². The van der Waals surface area contributed by atoms with Crippen LogP contribution in [0, 0.1) is 11.3 Å². The van der Waals surface area contributed by atoms with Crippen LogP contribution in [0.25, 0.3) is 22.2 Å². The number of hydrogen-bond donors (Lipinski definition) is 1. The molecule has 37 heavy (non-hydrogen) atoms. The van der Waals surface area contributed by atoms with Crippen molar-refractivity contribution in [3.05, 3.63) is 83.4 Å². The van der Waals surface area contributed by atoms with Gasteiger partial charge in [-0.25, -0.2) is 0 Å². The molecule has 1 fully saturated rings. The minimum Gasteiger partial charge on any atom is -0.497 e. The number of carbonyl (C=O) groups excluding carboxylic acids is 1. The number of aromatic nitrogens is 1. The van der Waals surface area contributed by atoms with Crippen LogP contribution in [-0.4, -0.2) is 24.2 Å². The second kappa shape index (κ2) is 10.4. The second-order valence-corrected chi connectivity index (χ2v) is 9.45. The summed E-state index contributed by atoms with van der Waals surface area (Å²) in [5.74, 6) is 1.45. The first kappa shape index (κ1) is 24.5. The molecule has 188 valence electrons. The average Bonchev–Trinajstić information content (AvgIpc) is 3.21. The number of nitrogens with one attached hydrogen (secondary N) is 1. The summed E-state index contributed by atoms with van der Waals surface area (Å²) in [4.78, 5) is 13.0. The van der Waals surface area contributed by atoms with E-state index in [0.717, 1.165) is 52.1 Å². The normalized spacial score (nSPS) is 14.0. The van der Waals surface area contributed by atoms with E-state index in [4.69, 9.17) is 9.47 Å². The molecule has 1 aliphatic carbocycles. The number of nitrogens with zero attached hydrogens (tertiary/aromatic N) is 2. The van der Waals surface area contributed by atoms with Crippen LogP contribution in [0.5, 0.6) is 11.5 Å². The van der Waals surface area contributed by atoms with Gasteiger partial charge in [0.15, 0.2) is 0 Å². The molecule has 6 nitrogen and oxygen atoms in total. The summed E-state index contributed by atoms with van der Waals surface area (Å²) >= 11 is 0. The van der Waals surface area contributed by atoms with Crippen LogP contribution >= 0.6 is 0 Å². The third-order valence-electron chi connectivity index (χ3n) is 7.22. The fourth-order valence-electron chi connectivity index (χ4n) is 5.00. The highest BCUT2D eigenvalue weighted by atomic mass is 16.5. The first-order valence-corrected chi connectivity index (χ1v) is 12.8. The highest BCUT2D eigenvalue weighted by Crippen LogP contribution is 2.43. The van der Waals surface area contributed by atoms with E-state index in [1.54, 1.807) is 7.11 Å². The number of benzene rings is 3. The maximum absolute atomic E-state index is 13.0. The lowest BCUT2D eigenvalue weighted by Gasteiger charge is -2.30. The minimum absolute atomic E-state index is 0.142. The van der Waals surface area contributed by atoms with Gasteiger partial charge < -0.3 is 19.4 Å². The minimum atomic E-state index is -0.149. The Morgan fingerprint density at radius 2 is 1.78 bits per heavy atom. The predicted molar refractivity (Wildman–Crippen MR) is 145 cm³/mol. The van der Waals surface area contributed by atoms with E-state index in [2.05, 4.69) is 16.0 Å². The Kier molecular flexibility index (Phi) is 6.87. The summed E-state index contributed by atoms with van der Waals surface area (Å²) < 4.78 is 13.3. The van der Waals surface area contributed by atoms with Gasteiger partial charge in [-0.3, -0.25) is 4.79 Å². The molecule has 4 aromatic rings. The van der Waals surface area contributed by atoms with Crippen LogP contribution in [0.1, 0.15) is 66.7 Å². The first-order chi connectivity index (χ1) is 18.0. The van der Waals surface area contributed by atoms with Crippen LogP contribution in [0.3, 0.4) is 0 Å². The third-order valence-corrected chi connectivity index (χ3v) is 7.22. The summed E-state index contributed by atoms with van der Waals surface area (Å²) in [7, 11) is 1.63. The quantitative estimate of drug-likeness (QED) is 0.293. The molecule has 1 aliphatic rings. The molecule has 0 aliphatic heterocycles. The van der Waals surface area contributed by atoms with Crippen molar-refractivity contribution in [1.82, 2.24) is 9.88 Å². The van der Waals surface area contributed by atoms with Crippen LogP contribution in [0.2, 0.25) is 0 Å². The Bertz CT molecular complexity index is 1460. The number of amides is 1. The Morgan fingerprint density at radius 3 is 2.38 bits per heavy atom. The van der Waals surface area contributed by atoms with Crippen LogP contribution < -0.4 is 14.8 Å². The topological polar surface area (TPSA) is 76.3 Å². The van der Waals surface area contributed by atoms with Crippen LogP contribution in [-0.2, 0) is 0 Å². The molecule has 0 spiro atoms. The van der Waals surface area contributed by atoms with Crippen LogP contribution in [0.15, 0.2) is 66.7 Å². The molecular formula is C31H31N3O3. The van der Waals surface area contributed by atoms with E-state index in [1.165, 1.54) is 6.42 Å². The van der Waals surface area contributed by atoms with Crippen molar-refractivity contribution in [2.75, 3.05) is 13.7 Å². The number of carbonyl (C=O) groups is 1. The van der Waals surface area contributed by atoms with Crippen molar-refractivity contribution >= 4 is 16.8 Å². The van der Waals surface area contributed by atoms with Crippen molar-refractivity contribution in [3.8, 4) is 28.8 Å². The van der Waals surface area contributed by atoms with Gasteiger partial charge in [-0.1, -0.05) is 24.3 Å². The Labute approximate surface area is 217 Å². The van der Waals surface area contributed by atoms with E-state index < -0.39 is 0 Å². The van der Waals surface area contributed by atoms with Crippen molar-refractivity contribution in [1.29, 1.82) is 5.26 Å². The molecule has 1 saturated carbocycles. The molecule has 1 N–H and O–H groups in total. The second-order valence-electron chi connectivity index (χ2n) is 9.45. The lowest BCUT2D eigenvalue weighted by atomic mass is 9.92. The summed E-state index contributed by atoms with van der Waals surface area (Å²) in [5.41, 5.74) is 5.10. The van der Waals surface area contributed by atoms with E-state index >= 15 is 0 Å². The SMILES string of the molecule is CCOc1ccc2c(C#N)c(-c3ccc(C(=O)N[C@H](C)c4ccc(OC)cc4)cc3)n(C3CCC3)c2c1. The molecule has 6 heteroatoms. The summed E-state index contributed by atoms with van der Waals surface area (Å²) in [6.45, 7) is 4.52. The first-order valence-electron chi connectivity index (χ1n) is 12.8. The predicted octanol–water partition coefficient (Wildman–Crippen LogP) is 6.80. The van der Waals surface area contributed by atoms with Gasteiger partial charge in [0.1, 0.15) is 17.6 Å². The van der Waals surface area contributed by atoms with Crippen molar-refractivity contribution in [3.63, 3.8) is 0 Å². The molecule has 1 atom stereocenters. The molecule has 0 bridgehead atoms. The zero-order valence-electron chi connectivity index (χ0n) is 21.5. The maximum atomic E-state index is 13.0. The van der Waals surface area contributed by atoms with Crippen molar-refractivity contribution < 1.29 is 14.3 Å². The number of ether oxygens (including phenoxy) is 2. The maximum Gasteiger partial charge on any atom is 0.251 e. The zero-order chi connectivity index (χ0) is 25.9. The Hall–Kier alpha value is -4.24. The smallest absolute Gasteiger partial charge is 0.251 e. The van der Waals surface area contributed by atoms with E-state index in [9.17, 15) is 10.1 Å². The highest BCUT2D eigenvalue weighted by Gasteiger charge is 2.28. The zero-order valence-corrected chi connectivity index (χ0v) is 21.5. The van der Waals surface area contributed by atoms with Gasteiger partial charge in [0, 0.05) is 23.1 Å². The fraction of sp³-hybridized carbons (Fsp3) is 0.290. The van der Waals surface area contributed by atoms with Gasteiger partial charge in [-0.05, 0) is 80.6 Å². The average molecular weight is 494 g/mol. The number of rotatable bonds is 8. The summed E-state index contributed by atoms with van der Waals surface area (Å²) in [6.07, 6.45) is 3.36. The largest absolute Gasteiger partial charge is 0.497 e. The third kappa shape index (κ3) is 4.65. The number of nitriles is 1. The summed E-state index contributed by atoms with van der Waals surface area (Å²) in [6, 6.07) is 23.9. The molecule has 1 amide bonds. The molecule has 0 unspecified atom stereocenters. The molecule has 0 saturated heterocycles. The molecule has 1 heterocycles. The fourth-order valence-corrected chi connectivity index (χ4v) is 5.00.